The predicted molar refractivity (Wildman–Crippen MR) is 166 cm³/mol. The number of thiophene rings is 2. The molecule has 2 aromatic heterocycles. The number of hydrogen-bond acceptors (Lipinski definition) is 6. The lowest BCUT2D eigenvalue weighted by Gasteiger charge is -2.11. The van der Waals surface area contributed by atoms with Crippen LogP contribution in [0.25, 0.3) is 10.1 Å². The maximum atomic E-state index is 11.6. The van der Waals surface area contributed by atoms with E-state index in [1.165, 1.54) is 37.0 Å². The van der Waals surface area contributed by atoms with Crippen LogP contribution in [0.15, 0.2) is 77.5 Å². The second kappa shape index (κ2) is 20.3. The van der Waals surface area contributed by atoms with E-state index in [2.05, 4.69) is 30.8 Å². The molecule has 0 bridgehead atoms. The largest absolute Gasteiger partial charge is 0.481 e. The number of rotatable bonds is 10. The summed E-state index contributed by atoms with van der Waals surface area (Å²) in [5, 5.41) is 16.8. The Labute approximate surface area is 239 Å². The maximum absolute atomic E-state index is 11.6. The molecule has 5 nitrogen and oxygen atoms in total. The van der Waals surface area contributed by atoms with Gasteiger partial charge in [0.25, 0.3) is 0 Å². The normalized spacial score (nSPS) is 9.92. The number of para-hydroxylation sites is 1. The highest BCUT2D eigenvalue weighted by atomic mass is 35.5. The van der Waals surface area contributed by atoms with Crippen molar-refractivity contribution in [3.63, 3.8) is 0 Å². The number of aliphatic carboxylic acids is 1. The van der Waals surface area contributed by atoms with Gasteiger partial charge < -0.3 is 16.2 Å². The number of benzene rings is 2. The van der Waals surface area contributed by atoms with Crippen molar-refractivity contribution in [1.29, 1.82) is 0 Å². The number of carbonyl (C=O) groups is 2. The predicted octanol–water partition coefficient (Wildman–Crippen LogP) is 8.00. The van der Waals surface area contributed by atoms with E-state index in [1.807, 2.05) is 77.5 Å². The second-order valence-electron chi connectivity index (χ2n) is 8.29. The van der Waals surface area contributed by atoms with Crippen molar-refractivity contribution in [1.82, 2.24) is 5.32 Å². The van der Waals surface area contributed by atoms with Gasteiger partial charge in [0.05, 0.1) is 17.8 Å². The molecule has 0 saturated heterocycles. The fourth-order valence-corrected chi connectivity index (χ4v) is 5.14. The fourth-order valence-electron chi connectivity index (χ4n) is 3.52. The summed E-state index contributed by atoms with van der Waals surface area (Å²) in [4.78, 5) is 23.0. The van der Waals surface area contributed by atoms with Gasteiger partial charge in [-0.05, 0) is 64.9 Å². The van der Waals surface area contributed by atoms with Gasteiger partial charge in [-0.15, -0.1) is 34.3 Å². The number of Topliss-reactive ketones (excluding diaryl/α,β-unsaturated/α-hetero) is 1. The summed E-state index contributed by atoms with van der Waals surface area (Å²) in [6.07, 6.45) is 5.23. The van der Waals surface area contributed by atoms with E-state index >= 15 is 0 Å². The zero-order chi connectivity index (χ0) is 28.2. The van der Waals surface area contributed by atoms with Crippen molar-refractivity contribution >= 4 is 61.8 Å². The molecule has 4 N–H and O–H groups in total. The van der Waals surface area contributed by atoms with Gasteiger partial charge in [0.1, 0.15) is 0 Å². The molecule has 0 radical (unpaired) electrons. The van der Waals surface area contributed by atoms with Crippen molar-refractivity contribution in [3.05, 3.63) is 87.9 Å². The van der Waals surface area contributed by atoms with Gasteiger partial charge in [0.2, 0.25) is 0 Å². The number of fused-ring (bicyclic) bond motifs is 1. The van der Waals surface area contributed by atoms with Gasteiger partial charge in [-0.25, -0.2) is 0 Å². The molecule has 0 fully saturated rings. The Morgan fingerprint density at radius 2 is 1.61 bits per heavy atom. The van der Waals surface area contributed by atoms with Crippen LogP contribution in [0.1, 0.15) is 48.3 Å². The Bertz CT molecular complexity index is 1160. The maximum Gasteiger partial charge on any atom is 0.307 e. The molecule has 0 aliphatic heterocycles. The molecule has 0 spiro atoms. The smallest absolute Gasteiger partial charge is 0.307 e. The lowest BCUT2D eigenvalue weighted by molar-refractivity contribution is -0.136. The van der Waals surface area contributed by atoms with E-state index in [0.29, 0.717) is 6.54 Å². The fraction of sp³-hybridized carbons (Fsp3) is 0.333. The molecule has 0 saturated carbocycles. The Morgan fingerprint density at radius 3 is 2.16 bits per heavy atom. The number of carbonyl (C=O) groups excluding carboxylic acids is 1. The van der Waals surface area contributed by atoms with Crippen molar-refractivity contribution in [2.24, 2.45) is 5.92 Å². The van der Waals surface area contributed by atoms with Gasteiger partial charge in [0.15, 0.2) is 5.78 Å². The number of anilines is 1. The van der Waals surface area contributed by atoms with Crippen LogP contribution in [-0.2, 0) is 11.2 Å². The van der Waals surface area contributed by atoms with Crippen molar-refractivity contribution in [2.75, 3.05) is 25.2 Å². The quantitative estimate of drug-likeness (QED) is 0.0772. The van der Waals surface area contributed by atoms with Crippen molar-refractivity contribution < 1.29 is 14.7 Å². The Morgan fingerprint density at radius 1 is 0.947 bits per heavy atom. The number of nitrogens with two attached hydrogens (primary N) is 1. The molecular weight excluding hydrogens is 536 g/mol. The third-order valence-electron chi connectivity index (χ3n) is 5.67. The molecule has 0 unspecified atom stereocenters. The molecule has 4 aromatic rings. The topological polar surface area (TPSA) is 92.4 Å². The van der Waals surface area contributed by atoms with Crippen molar-refractivity contribution in [3.8, 4) is 0 Å². The van der Waals surface area contributed by atoms with Crippen molar-refractivity contribution in [2.45, 2.75) is 39.5 Å². The lowest BCUT2D eigenvalue weighted by atomic mass is 10.00. The minimum atomic E-state index is -0.774. The zero-order valence-corrected chi connectivity index (χ0v) is 24.7. The standard InChI is InChI=1S/C13H21NOS.C10H8O2S.C6H7N.CH3Cl/c1-3-11(4-2)7-8-14-10-12(15)13-6-5-9-16-13;11-10(12)5-7-6-13-9-4-2-1-3-8(7)9;7-6-4-2-1-3-5-6;1-2/h5-6,9,11,14H,3-4,7-8,10H2,1-2H3;1-4,6H,5H2,(H,11,12);1-5H,7H2;1H3. The number of carboxylic acid groups (broad SMARTS) is 1. The molecule has 2 heterocycles. The van der Waals surface area contributed by atoms with E-state index in [4.69, 9.17) is 10.8 Å². The number of ketones is 1. The first-order valence-corrected chi connectivity index (χ1v) is 15.1. The van der Waals surface area contributed by atoms with E-state index in [0.717, 1.165) is 38.7 Å². The molecule has 38 heavy (non-hydrogen) atoms. The SMILES string of the molecule is CCC(CC)CCNCC(=O)c1cccs1.CCl.Nc1ccccc1.O=C(O)Cc1csc2ccccc12. The van der Waals surface area contributed by atoms with Crippen LogP contribution in [0.3, 0.4) is 0 Å². The van der Waals surface area contributed by atoms with Gasteiger partial charge in [0, 0.05) is 16.8 Å². The van der Waals surface area contributed by atoms with Gasteiger partial charge in [-0.2, -0.15) is 0 Å². The molecule has 206 valence electrons. The Balaban J connectivity index is 0.000000293. The van der Waals surface area contributed by atoms with Gasteiger partial charge >= 0.3 is 5.97 Å². The van der Waals surface area contributed by atoms with Crippen LogP contribution in [0, 0.1) is 5.92 Å². The number of halogens is 1. The summed E-state index contributed by atoms with van der Waals surface area (Å²) < 4.78 is 1.15. The van der Waals surface area contributed by atoms with E-state index < -0.39 is 5.97 Å². The number of carboxylic acids is 1. The minimum absolute atomic E-state index is 0.115. The van der Waals surface area contributed by atoms with Gasteiger partial charge in [-0.3, -0.25) is 9.59 Å². The summed E-state index contributed by atoms with van der Waals surface area (Å²) in [6.45, 7) is 5.88. The highest BCUT2D eigenvalue weighted by molar-refractivity contribution is 7.17. The number of nitrogen functional groups attached to an aromatic ring is 1. The zero-order valence-electron chi connectivity index (χ0n) is 22.4. The van der Waals surface area contributed by atoms with Crippen LogP contribution >= 0.6 is 34.3 Å². The number of nitrogens with one attached hydrogen (secondary N) is 1. The molecule has 4 rings (SSSR count). The summed E-state index contributed by atoms with van der Waals surface area (Å²) in [5.74, 6) is 0.229. The molecule has 8 heteroatoms. The Hall–Kier alpha value is -2.71. The van der Waals surface area contributed by atoms with Gasteiger partial charge in [-0.1, -0.05) is 69.2 Å². The van der Waals surface area contributed by atoms with Crippen LogP contribution in [0.2, 0.25) is 0 Å². The highest BCUT2D eigenvalue weighted by Crippen LogP contribution is 2.25. The average Bonchev–Trinajstić information content (AvgIpc) is 3.62. The molecule has 2 aromatic carbocycles. The lowest BCUT2D eigenvalue weighted by Crippen LogP contribution is -2.24. The average molecular weight is 575 g/mol. The van der Waals surface area contributed by atoms with Crippen LogP contribution < -0.4 is 11.1 Å². The first-order valence-electron chi connectivity index (χ1n) is 12.6. The molecule has 0 aliphatic rings. The molecule has 0 amide bonds. The summed E-state index contributed by atoms with van der Waals surface area (Å²) >= 11 is 7.75. The van der Waals surface area contributed by atoms with Crippen LogP contribution in [-0.4, -0.2) is 36.3 Å². The first-order chi connectivity index (χ1) is 18.4. The third-order valence-corrected chi connectivity index (χ3v) is 7.59. The van der Waals surface area contributed by atoms with E-state index in [1.54, 1.807) is 11.3 Å². The monoisotopic (exact) mass is 574 g/mol. The molecule has 0 aliphatic carbocycles. The first kappa shape index (κ1) is 33.3. The number of hydrogen-bond donors (Lipinski definition) is 3. The minimum Gasteiger partial charge on any atom is -0.481 e. The summed E-state index contributed by atoms with van der Waals surface area (Å²) in [6, 6.07) is 21.2. The van der Waals surface area contributed by atoms with Crippen LogP contribution in [0.4, 0.5) is 5.69 Å². The third kappa shape index (κ3) is 13.2. The van der Waals surface area contributed by atoms with E-state index in [-0.39, 0.29) is 12.2 Å². The molecular formula is C30H39ClN2O3S2. The Kier molecular flexibility index (Phi) is 17.8. The summed E-state index contributed by atoms with van der Waals surface area (Å²) in [5.41, 5.74) is 7.09. The van der Waals surface area contributed by atoms with Crippen LogP contribution in [0.5, 0.6) is 0 Å². The second-order valence-corrected chi connectivity index (χ2v) is 10.1. The summed E-state index contributed by atoms with van der Waals surface area (Å²) in [7, 11) is 0. The van der Waals surface area contributed by atoms with E-state index in [9.17, 15) is 9.59 Å². The number of alkyl halides is 1. The molecule has 0 atom stereocenters. The highest BCUT2D eigenvalue weighted by Gasteiger charge is 2.07.